The molecule has 0 saturated carbocycles. The molecule has 0 unspecified atom stereocenters. The van der Waals surface area contributed by atoms with Gasteiger partial charge in [0.25, 0.3) is 0 Å². The number of rotatable bonds is 2. The number of pyridine rings is 1. The highest BCUT2D eigenvalue weighted by atomic mass is 19.1. The van der Waals surface area contributed by atoms with E-state index in [1.165, 1.54) is 6.07 Å². The summed E-state index contributed by atoms with van der Waals surface area (Å²) >= 11 is 0. The molecule has 1 saturated heterocycles. The summed E-state index contributed by atoms with van der Waals surface area (Å²) in [6.07, 6.45) is 1.77. The Morgan fingerprint density at radius 2 is 1.80 bits per heavy atom. The quantitative estimate of drug-likeness (QED) is 0.843. The predicted molar refractivity (Wildman–Crippen MR) is 99.0 cm³/mol. The van der Waals surface area contributed by atoms with E-state index in [0.29, 0.717) is 17.1 Å². The molecular weight excluding hydrogens is 317 g/mol. The van der Waals surface area contributed by atoms with Gasteiger partial charge in [0.15, 0.2) is 5.82 Å². The molecule has 0 radical (unpaired) electrons. The molecule has 1 fully saturated rings. The summed E-state index contributed by atoms with van der Waals surface area (Å²) in [7, 11) is 4.09. The van der Waals surface area contributed by atoms with Gasteiger partial charge in [0.2, 0.25) is 0 Å². The summed E-state index contributed by atoms with van der Waals surface area (Å²) < 4.78 is 14.7. The minimum Gasteiger partial charge on any atom is -0.368 e. The van der Waals surface area contributed by atoms with Crippen LogP contribution in [0, 0.1) is 5.82 Å². The van der Waals surface area contributed by atoms with Crippen LogP contribution in [0.15, 0.2) is 35.3 Å². The minimum absolute atomic E-state index is 0.235. The van der Waals surface area contributed by atoms with Gasteiger partial charge in [0.05, 0.1) is 17.6 Å². The molecular formula is C19H22FN5. The molecule has 2 aliphatic heterocycles. The van der Waals surface area contributed by atoms with Crippen LogP contribution in [0.1, 0.15) is 5.56 Å². The summed E-state index contributed by atoms with van der Waals surface area (Å²) in [6.45, 7) is 4.50. The Bertz CT molecular complexity index is 811. The third-order valence-electron chi connectivity index (χ3n) is 4.84. The van der Waals surface area contributed by atoms with Crippen LogP contribution >= 0.6 is 0 Å². The van der Waals surface area contributed by atoms with E-state index in [1.54, 1.807) is 12.4 Å². The maximum atomic E-state index is 14.7. The highest BCUT2D eigenvalue weighted by Gasteiger charge is 2.22. The third kappa shape index (κ3) is 3.09. The van der Waals surface area contributed by atoms with Crippen molar-refractivity contribution in [3.8, 4) is 11.3 Å². The Hall–Kier alpha value is -2.47. The molecule has 2 aliphatic rings. The molecule has 0 N–H and O–H groups in total. The molecule has 2 aromatic rings. The van der Waals surface area contributed by atoms with Gasteiger partial charge in [0.1, 0.15) is 5.82 Å². The van der Waals surface area contributed by atoms with E-state index in [0.717, 1.165) is 44.0 Å². The number of benzene rings is 1. The van der Waals surface area contributed by atoms with Crippen molar-refractivity contribution in [1.82, 2.24) is 14.8 Å². The van der Waals surface area contributed by atoms with Gasteiger partial charge < -0.3 is 14.7 Å². The first-order chi connectivity index (χ1) is 12.1. The predicted octanol–water partition coefficient (Wildman–Crippen LogP) is 2.74. The van der Waals surface area contributed by atoms with Crippen LogP contribution in [0.3, 0.4) is 0 Å². The van der Waals surface area contributed by atoms with E-state index >= 15 is 0 Å². The van der Waals surface area contributed by atoms with Crippen molar-refractivity contribution in [3.05, 3.63) is 41.7 Å². The Labute approximate surface area is 147 Å². The second-order valence-corrected chi connectivity index (χ2v) is 6.76. The van der Waals surface area contributed by atoms with Crippen LogP contribution in [0.4, 0.5) is 15.9 Å². The van der Waals surface area contributed by atoms with E-state index < -0.39 is 0 Å². The number of fused-ring (bicyclic) bond motifs is 1. The third-order valence-corrected chi connectivity index (χ3v) is 4.84. The van der Waals surface area contributed by atoms with Gasteiger partial charge in [-0.25, -0.2) is 14.4 Å². The fraction of sp³-hybridized carbons (Fsp3) is 0.368. The zero-order chi connectivity index (χ0) is 17.4. The average molecular weight is 339 g/mol. The van der Waals surface area contributed by atoms with E-state index in [4.69, 9.17) is 0 Å². The Morgan fingerprint density at radius 1 is 1.00 bits per heavy atom. The molecule has 0 spiro atoms. The maximum absolute atomic E-state index is 14.7. The number of aromatic nitrogens is 1. The molecule has 0 atom stereocenters. The highest BCUT2D eigenvalue weighted by molar-refractivity contribution is 5.78. The summed E-state index contributed by atoms with van der Waals surface area (Å²) in [6, 6.07) is 9.18. The Balaban J connectivity index is 1.75. The van der Waals surface area contributed by atoms with E-state index in [-0.39, 0.29) is 5.82 Å². The van der Waals surface area contributed by atoms with Crippen molar-refractivity contribution in [2.45, 2.75) is 6.54 Å². The zero-order valence-electron chi connectivity index (χ0n) is 14.6. The van der Waals surface area contributed by atoms with Crippen LogP contribution in [-0.2, 0) is 6.54 Å². The van der Waals surface area contributed by atoms with Crippen LogP contribution in [0.2, 0.25) is 0 Å². The first-order valence-corrected chi connectivity index (χ1v) is 8.58. The number of nitrogens with zero attached hydrogens (tertiary/aromatic N) is 5. The summed E-state index contributed by atoms with van der Waals surface area (Å²) in [4.78, 5) is 15.6. The van der Waals surface area contributed by atoms with Crippen LogP contribution < -0.4 is 4.90 Å². The van der Waals surface area contributed by atoms with E-state index in [1.807, 2.05) is 30.1 Å². The number of anilines is 1. The lowest BCUT2D eigenvalue weighted by molar-refractivity contribution is 0.313. The lowest BCUT2D eigenvalue weighted by atomic mass is 10.0. The Kier molecular flexibility index (Phi) is 4.13. The first-order valence-electron chi connectivity index (χ1n) is 8.58. The van der Waals surface area contributed by atoms with Gasteiger partial charge in [-0.3, -0.25) is 0 Å². The summed E-state index contributed by atoms with van der Waals surface area (Å²) in [5.41, 5.74) is 3.19. The lowest BCUT2D eigenvalue weighted by Gasteiger charge is -2.35. The molecule has 6 heteroatoms. The lowest BCUT2D eigenvalue weighted by Crippen LogP contribution is -2.44. The van der Waals surface area contributed by atoms with Crippen LogP contribution in [0.25, 0.3) is 11.3 Å². The molecule has 0 bridgehead atoms. The molecule has 4 rings (SSSR count). The van der Waals surface area contributed by atoms with Crippen molar-refractivity contribution in [3.63, 3.8) is 0 Å². The fourth-order valence-electron chi connectivity index (χ4n) is 3.39. The number of likely N-dealkylation sites (N-methyl/N-ethyl adjacent to an activating group) is 1. The molecule has 25 heavy (non-hydrogen) atoms. The summed E-state index contributed by atoms with van der Waals surface area (Å²) in [5.74, 6) is 0.448. The molecule has 130 valence electrons. The average Bonchev–Trinajstić information content (AvgIpc) is 2.62. The van der Waals surface area contributed by atoms with Gasteiger partial charge in [-0.1, -0.05) is 12.1 Å². The van der Waals surface area contributed by atoms with Gasteiger partial charge >= 0.3 is 0 Å². The molecule has 0 aliphatic carbocycles. The monoisotopic (exact) mass is 339 g/mol. The highest BCUT2D eigenvalue weighted by Crippen LogP contribution is 2.35. The number of halogens is 1. The smallest absolute Gasteiger partial charge is 0.159 e. The van der Waals surface area contributed by atoms with Crippen molar-refractivity contribution in [1.29, 1.82) is 0 Å². The van der Waals surface area contributed by atoms with Crippen molar-refractivity contribution in [2.75, 3.05) is 45.2 Å². The van der Waals surface area contributed by atoms with Gasteiger partial charge in [0, 0.05) is 51.0 Å². The van der Waals surface area contributed by atoms with Crippen molar-refractivity contribution in [2.24, 2.45) is 4.99 Å². The first kappa shape index (κ1) is 16.0. The van der Waals surface area contributed by atoms with Gasteiger partial charge in [-0.05, 0) is 25.2 Å². The Morgan fingerprint density at radius 3 is 2.60 bits per heavy atom. The topological polar surface area (TPSA) is 35.0 Å². The maximum Gasteiger partial charge on any atom is 0.159 e. The van der Waals surface area contributed by atoms with E-state index in [9.17, 15) is 4.39 Å². The zero-order valence-corrected chi connectivity index (χ0v) is 14.6. The number of piperazine rings is 1. The fourth-order valence-corrected chi connectivity index (χ4v) is 3.39. The van der Waals surface area contributed by atoms with E-state index in [2.05, 4.69) is 26.8 Å². The van der Waals surface area contributed by atoms with Crippen LogP contribution in [0.5, 0.6) is 0 Å². The minimum atomic E-state index is -0.235. The van der Waals surface area contributed by atoms with Crippen molar-refractivity contribution < 1.29 is 4.39 Å². The second-order valence-electron chi connectivity index (χ2n) is 6.76. The normalized spacial score (nSPS) is 17.7. The molecule has 1 aromatic heterocycles. The van der Waals surface area contributed by atoms with Crippen molar-refractivity contribution >= 4 is 17.8 Å². The second kappa shape index (κ2) is 6.44. The number of hydrogen-bond donors (Lipinski definition) is 0. The standard InChI is InChI=1S/C19H22FN5/c1-23-8-10-25(11-9-23)17-5-3-4-15(20)18(17)16-7-6-14-12-24(2)13-21-19(14)22-16/h3-7,13H,8-12H2,1-2H3. The number of hydrogen-bond acceptors (Lipinski definition) is 5. The largest absolute Gasteiger partial charge is 0.368 e. The molecule has 3 heterocycles. The molecule has 5 nitrogen and oxygen atoms in total. The summed E-state index contributed by atoms with van der Waals surface area (Å²) in [5, 5.41) is 0. The molecule has 0 amide bonds. The van der Waals surface area contributed by atoms with Crippen LogP contribution in [-0.4, -0.2) is 61.4 Å². The molecule has 1 aromatic carbocycles. The number of aliphatic imine (C=N–C) groups is 1. The van der Waals surface area contributed by atoms with Gasteiger partial charge in [-0.2, -0.15) is 0 Å². The SMILES string of the molecule is CN1C=Nc2nc(-c3c(F)cccc3N3CCN(C)CC3)ccc2C1. The van der Waals surface area contributed by atoms with Gasteiger partial charge in [-0.15, -0.1) is 0 Å².